The van der Waals surface area contributed by atoms with E-state index < -0.39 is 0 Å². The van der Waals surface area contributed by atoms with Gasteiger partial charge < -0.3 is 9.88 Å². The van der Waals surface area contributed by atoms with E-state index in [1.807, 2.05) is 47.4 Å². The zero-order valence-electron chi connectivity index (χ0n) is 14.0. The Labute approximate surface area is 151 Å². The van der Waals surface area contributed by atoms with Gasteiger partial charge in [0.25, 0.3) is 0 Å². The topological polar surface area (TPSA) is 49.0 Å². The maximum atomic E-state index is 12.7. The van der Waals surface area contributed by atoms with Crippen LogP contribution in [0.15, 0.2) is 59.5 Å². The number of hydrogen-bond acceptors (Lipinski definition) is 3. The third-order valence-electron chi connectivity index (χ3n) is 4.62. The molecule has 1 amide bonds. The predicted octanol–water partition coefficient (Wildman–Crippen LogP) is 4.41. The Kier molecular flexibility index (Phi) is 4.74. The van der Waals surface area contributed by atoms with Crippen LogP contribution in [0.2, 0.25) is 0 Å². The number of nitrogens with zero attached hydrogens (tertiary/aromatic N) is 2. The molecule has 1 N–H and O–H groups in total. The van der Waals surface area contributed by atoms with Crippen molar-refractivity contribution in [1.82, 2.24) is 14.9 Å². The second kappa shape index (κ2) is 7.31. The lowest BCUT2D eigenvalue weighted by molar-refractivity contribution is -0.131. The number of likely N-dealkylation sites (tertiary alicyclic amines) is 1. The summed E-state index contributed by atoms with van der Waals surface area (Å²) in [5.41, 5.74) is 2.01. The molecule has 25 heavy (non-hydrogen) atoms. The number of H-pyrrole nitrogens is 1. The molecule has 1 atom stereocenters. The van der Waals surface area contributed by atoms with Gasteiger partial charge >= 0.3 is 0 Å². The summed E-state index contributed by atoms with van der Waals surface area (Å²) in [7, 11) is 0. The highest BCUT2D eigenvalue weighted by molar-refractivity contribution is 7.99. The van der Waals surface area contributed by atoms with Crippen molar-refractivity contribution in [3.05, 3.63) is 60.4 Å². The number of hydrogen-bond donors (Lipinski definition) is 1. The molecule has 128 valence electrons. The molecule has 4 nitrogen and oxygen atoms in total. The summed E-state index contributed by atoms with van der Waals surface area (Å²) in [5.74, 6) is 1.96. The van der Waals surface area contributed by atoms with Gasteiger partial charge in [0.2, 0.25) is 5.91 Å². The first-order valence-electron chi connectivity index (χ1n) is 8.73. The van der Waals surface area contributed by atoms with E-state index in [0.29, 0.717) is 6.42 Å². The second-order valence-corrected chi connectivity index (χ2v) is 7.46. The standard InChI is InChI=1S/C20H21N3OS/c24-19(12-14-25-15-7-2-1-3-8-15)23-13-6-11-18(23)20-21-16-9-4-5-10-17(16)22-20/h1-5,7-10,18H,6,11-14H2,(H,21,22)/t18-/m1/s1. The second-order valence-electron chi connectivity index (χ2n) is 6.30. The van der Waals surface area contributed by atoms with E-state index in [-0.39, 0.29) is 11.9 Å². The van der Waals surface area contributed by atoms with Gasteiger partial charge in [-0.15, -0.1) is 11.8 Å². The highest BCUT2D eigenvalue weighted by Crippen LogP contribution is 2.32. The highest BCUT2D eigenvalue weighted by atomic mass is 32.2. The number of carbonyl (C=O) groups is 1. The van der Waals surface area contributed by atoms with E-state index in [0.717, 1.165) is 42.0 Å². The largest absolute Gasteiger partial charge is 0.340 e. The molecule has 0 saturated carbocycles. The number of aromatic nitrogens is 2. The van der Waals surface area contributed by atoms with Crippen LogP contribution in [0.5, 0.6) is 0 Å². The van der Waals surface area contributed by atoms with E-state index in [9.17, 15) is 4.79 Å². The van der Waals surface area contributed by atoms with Gasteiger partial charge in [0.15, 0.2) is 0 Å². The van der Waals surface area contributed by atoms with Crippen LogP contribution in [0, 0.1) is 0 Å². The van der Waals surface area contributed by atoms with Crippen molar-refractivity contribution in [2.45, 2.75) is 30.2 Å². The molecule has 0 radical (unpaired) electrons. The monoisotopic (exact) mass is 351 g/mol. The third kappa shape index (κ3) is 3.56. The van der Waals surface area contributed by atoms with E-state index in [2.05, 4.69) is 17.1 Å². The molecular weight excluding hydrogens is 330 g/mol. The van der Waals surface area contributed by atoms with E-state index in [4.69, 9.17) is 4.98 Å². The fourth-order valence-electron chi connectivity index (χ4n) is 3.40. The van der Waals surface area contributed by atoms with Gasteiger partial charge in [-0.05, 0) is 37.1 Å². The summed E-state index contributed by atoms with van der Waals surface area (Å²) < 4.78 is 0. The van der Waals surface area contributed by atoms with Gasteiger partial charge in [0.1, 0.15) is 5.82 Å². The fraction of sp³-hybridized carbons (Fsp3) is 0.300. The molecule has 2 aromatic carbocycles. The van der Waals surface area contributed by atoms with E-state index in [1.54, 1.807) is 11.8 Å². The SMILES string of the molecule is O=C(CCSc1ccccc1)N1CCC[C@@H]1c1nc2ccccc2[nH]1. The van der Waals surface area contributed by atoms with E-state index >= 15 is 0 Å². The van der Waals surface area contributed by atoms with Gasteiger partial charge in [-0.25, -0.2) is 4.98 Å². The van der Waals surface area contributed by atoms with Crippen LogP contribution in [-0.2, 0) is 4.79 Å². The molecule has 1 saturated heterocycles. The van der Waals surface area contributed by atoms with Crippen LogP contribution in [-0.4, -0.2) is 33.1 Å². The zero-order valence-corrected chi connectivity index (χ0v) is 14.8. The Morgan fingerprint density at radius 2 is 1.96 bits per heavy atom. The number of benzene rings is 2. The Hall–Kier alpha value is -2.27. The van der Waals surface area contributed by atoms with Crippen LogP contribution in [0.3, 0.4) is 0 Å². The van der Waals surface area contributed by atoms with Crippen molar-refractivity contribution < 1.29 is 4.79 Å². The van der Waals surface area contributed by atoms with Crippen molar-refractivity contribution in [1.29, 1.82) is 0 Å². The molecule has 3 aromatic rings. The van der Waals surface area contributed by atoms with Gasteiger partial charge in [-0.3, -0.25) is 4.79 Å². The van der Waals surface area contributed by atoms with Crippen LogP contribution in [0.1, 0.15) is 31.1 Å². The lowest BCUT2D eigenvalue weighted by Crippen LogP contribution is -2.31. The third-order valence-corrected chi connectivity index (χ3v) is 5.64. The summed E-state index contributed by atoms with van der Waals surface area (Å²) in [6, 6.07) is 18.4. The molecule has 2 heterocycles. The number of rotatable bonds is 5. The summed E-state index contributed by atoms with van der Waals surface area (Å²) in [5, 5.41) is 0. The smallest absolute Gasteiger partial charge is 0.224 e. The van der Waals surface area contributed by atoms with Gasteiger partial charge in [0, 0.05) is 23.6 Å². The molecule has 1 fully saturated rings. The molecule has 0 aliphatic carbocycles. The molecule has 1 aliphatic rings. The normalized spacial score (nSPS) is 17.3. The van der Waals surface area contributed by atoms with Crippen molar-refractivity contribution in [3.63, 3.8) is 0 Å². The van der Waals surface area contributed by atoms with Crippen molar-refractivity contribution in [3.8, 4) is 0 Å². The van der Waals surface area contributed by atoms with Gasteiger partial charge in [-0.1, -0.05) is 30.3 Å². The number of para-hydroxylation sites is 2. The minimum Gasteiger partial charge on any atom is -0.340 e. The molecule has 0 spiro atoms. The highest BCUT2D eigenvalue weighted by Gasteiger charge is 2.31. The summed E-state index contributed by atoms with van der Waals surface area (Å²) in [6.45, 7) is 0.830. The molecular formula is C20H21N3OS. The van der Waals surface area contributed by atoms with Gasteiger partial charge in [0.05, 0.1) is 17.1 Å². The molecule has 4 rings (SSSR count). The first-order valence-corrected chi connectivity index (χ1v) is 9.72. The van der Waals surface area contributed by atoms with Crippen molar-refractivity contribution in [2.24, 2.45) is 0 Å². The Bertz CT molecular complexity index is 829. The zero-order chi connectivity index (χ0) is 17.1. The van der Waals surface area contributed by atoms with Crippen LogP contribution in [0.4, 0.5) is 0 Å². The Morgan fingerprint density at radius 3 is 2.80 bits per heavy atom. The molecule has 1 aromatic heterocycles. The van der Waals surface area contributed by atoms with Crippen LogP contribution in [0.25, 0.3) is 11.0 Å². The number of imidazole rings is 1. The quantitative estimate of drug-likeness (QED) is 0.693. The molecule has 0 bridgehead atoms. The fourth-order valence-corrected chi connectivity index (χ4v) is 4.26. The average Bonchev–Trinajstić information content (AvgIpc) is 3.29. The first-order chi connectivity index (χ1) is 12.3. The first kappa shape index (κ1) is 16.2. The lowest BCUT2D eigenvalue weighted by Gasteiger charge is -2.23. The van der Waals surface area contributed by atoms with Crippen LogP contribution >= 0.6 is 11.8 Å². The molecule has 0 unspecified atom stereocenters. The molecule has 1 aliphatic heterocycles. The number of aromatic amines is 1. The lowest BCUT2D eigenvalue weighted by atomic mass is 10.2. The van der Waals surface area contributed by atoms with Gasteiger partial charge in [-0.2, -0.15) is 0 Å². The number of nitrogens with one attached hydrogen (secondary N) is 1. The maximum absolute atomic E-state index is 12.7. The van der Waals surface area contributed by atoms with Crippen LogP contribution < -0.4 is 0 Å². The summed E-state index contributed by atoms with van der Waals surface area (Å²) in [4.78, 5) is 24.0. The average molecular weight is 351 g/mol. The summed E-state index contributed by atoms with van der Waals surface area (Å²) in [6.07, 6.45) is 2.59. The maximum Gasteiger partial charge on any atom is 0.224 e. The Balaban J connectivity index is 1.41. The number of amides is 1. The van der Waals surface area contributed by atoms with Crippen molar-refractivity contribution in [2.75, 3.05) is 12.3 Å². The van der Waals surface area contributed by atoms with Crippen molar-refractivity contribution >= 4 is 28.7 Å². The number of fused-ring (bicyclic) bond motifs is 1. The number of carbonyl (C=O) groups excluding carboxylic acids is 1. The Morgan fingerprint density at radius 1 is 1.16 bits per heavy atom. The minimum absolute atomic E-state index is 0.0848. The predicted molar refractivity (Wildman–Crippen MR) is 102 cm³/mol. The summed E-state index contributed by atoms with van der Waals surface area (Å²) >= 11 is 1.74. The number of thioether (sulfide) groups is 1. The molecule has 5 heteroatoms. The van der Waals surface area contributed by atoms with E-state index in [1.165, 1.54) is 4.90 Å². The minimum atomic E-state index is 0.0848.